The fraction of sp³-hybridized carbons (Fsp3) is 0.462. The van der Waals surface area contributed by atoms with Crippen LogP contribution in [-0.2, 0) is 27.2 Å². The quantitative estimate of drug-likeness (QED) is 0.786. The van der Waals surface area contributed by atoms with Gasteiger partial charge >= 0.3 is 0 Å². The van der Waals surface area contributed by atoms with E-state index in [9.17, 15) is 17.4 Å². The minimum absolute atomic E-state index is 0.0373. The van der Waals surface area contributed by atoms with Crippen molar-refractivity contribution in [3.63, 3.8) is 0 Å². The first-order valence-corrected chi connectivity index (χ1v) is 9.59. The molecule has 0 aliphatic heterocycles. The molecule has 0 heterocycles. The van der Waals surface area contributed by atoms with Crippen molar-refractivity contribution < 1.29 is 17.4 Å². The smallest absolute Gasteiger partial charge is 0.251 e. The number of aryl methyl sites for hydroxylation is 1. The van der Waals surface area contributed by atoms with Gasteiger partial charge < -0.3 is 5.32 Å². The molecular formula is C13H20N2O4S2. The van der Waals surface area contributed by atoms with Crippen molar-refractivity contribution >= 4 is 26.7 Å². The number of carbonyl (C=O) groups excluding carboxylic acids is 1. The number of benzene rings is 1. The topological polar surface area (TPSA) is 106 Å². The molecule has 2 unspecified atom stereocenters. The molecule has 0 aliphatic rings. The molecule has 0 spiro atoms. The van der Waals surface area contributed by atoms with Gasteiger partial charge in [-0.2, -0.15) is 0 Å². The molecule has 1 amide bonds. The molecule has 3 N–H and O–H groups in total. The van der Waals surface area contributed by atoms with E-state index >= 15 is 0 Å². The van der Waals surface area contributed by atoms with E-state index in [1.807, 2.05) is 6.92 Å². The second-order valence-electron chi connectivity index (χ2n) is 4.74. The average Bonchev–Trinajstić information content (AvgIpc) is 2.42. The van der Waals surface area contributed by atoms with Gasteiger partial charge in [0.25, 0.3) is 5.91 Å². The van der Waals surface area contributed by atoms with E-state index in [0.29, 0.717) is 12.0 Å². The largest absolute Gasteiger partial charge is 0.351 e. The highest BCUT2D eigenvalue weighted by Gasteiger charge is 2.17. The van der Waals surface area contributed by atoms with Gasteiger partial charge in [0, 0.05) is 34.4 Å². The lowest BCUT2D eigenvalue weighted by atomic mass is 10.1. The molecule has 6 nitrogen and oxygen atoms in total. The van der Waals surface area contributed by atoms with Crippen LogP contribution >= 0.6 is 0 Å². The van der Waals surface area contributed by atoms with Crippen LogP contribution in [0.4, 0.5) is 0 Å². The Morgan fingerprint density at radius 1 is 1.43 bits per heavy atom. The summed E-state index contributed by atoms with van der Waals surface area (Å²) < 4.78 is 34.3. The monoisotopic (exact) mass is 332 g/mol. The molecule has 0 saturated heterocycles. The van der Waals surface area contributed by atoms with E-state index in [1.54, 1.807) is 25.3 Å². The summed E-state index contributed by atoms with van der Waals surface area (Å²) in [5.41, 5.74) is 0.780. The maximum Gasteiger partial charge on any atom is 0.251 e. The molecular weight excluding hydrogens is 312 g/mol. The van der Waals surface area contributed by atoms with E-state index in [0.717, 1.165) is 0 Å². The van der Waals surface area contributed by atoms with E-state index in [1.165, 1.54) is 6.07 Å². The van der Waals surface area contributed by atoms with Gasteiger partial charge in [-0.1, -0.05) is 13.0 Å². The molecule has 8 heteroatoms. The fourth-order valence-corrected chi connectivity index (χ4v) is 2.90. The van der Waals surface area contributed by atoms with Crippen LogP contribution in [0, 0.1) is 0 Å². The maximum atomic E-state index is 12.0. The summed E-state index contributed by atoms with van der Waals surface area (Å²) in [4.78, 5) is 12.0. The molecule has 118 valence electrons. The second kappa shape index (κ2) is 7.15. The van der Waals surface area contributed by atoms with Gasteiger partial charge in [0.1, 0.15) is 0 Å². The normalized spacial score (nSPS) is 14.5. The van der Waals surface area contributed by atoms with Gasteiger partial charge in [0.05, 0.1) is 4.90 Å². The summed E-state index contributed by atoms with van der Waals surface area (Å²) >= 11 is 0. The van der Waals surface area contributed by atoms with Crippen LogP contribution in [0.3, 0.4) is 0 Å². The minimum Gasteiger partial charge on any atom is -0.351 e. The predicted octanol–water partition coefficient (Wildman–Crippen LogP) is 0.393. The van der Waals surface area contributed by atoms with Crippen molar-refractivity contribution in [1.82, 2.24) is 5.32 Å². The van der Waals surface area contributed by atoms with Crippen molar-refractivity contribution in [1.29, 1.82) is 0 Å². The number of nitrogens with two attached hydrogens (primary N) is 1. The van der Waals surface area contributed by atoms with Crippen molar-refractivity contribution in [2.75, 3.05) is 12.8 Å². The number of rotatable bonds is 6. The van der Waals surface area contributed by atoms with E-state index in [2.05, 4.69) is 5.32 Å². The highest BCUT2D eigenvalue weighted by Crippen LogP contribution is 2.17. The molecule has 1 rings (SSSR count). The van der Waals surface area contributed by atoms with Crippen molar-refractivity contribution in [3.8, 4) is 0 Å². The lowest BCUT2D eigenvalue weighted by Crippen LogP contribution is -2.32. The Balaban J connectivity index is 2.99. The van der Waals surface area contributed by atoms with Gasteiger partial charge in [-0.3, -0.25) is 9.00 Å². The van der Waals surface area contributed by atoms with E-state index in [4.69, 9.17) is 5.14 Å². The fourth-order valence-electron chi connectivity index (χ4n) is 1.71. The van der Waals surface area contributed by atoms with Crippen LogP contribution in [0.15, 0.2) is 23.1 Å². The number of nitrogens with one attached hydrogen (secondary N) is 1. The predicted molar refractivity (Wildman–Crippen MR) is 83.1 cm³/mol. The maximum absolute atomic E-state index is 12.0. The molecule has 0 bridgehead atoms. The van der Waals surface area contributed by atoms with Crippen molar-refractivity contribution in [2.24, 2.45) is 5.14 Å². The van der Waals surface area contributed by atoms with Crippen LogP contribution in [0.25, 0.3) is 0 Å². The molecule has 0 aromatic heterocycles. The number of amides is 1. The average molecular weight is 332 g/mol. The van der Waals surface area contributed by atoms with Crippen LogP contribution < -0.4 is 10.5 Å². The Morgan fingerprint density at radius 2 is 2.05 bits per heavy atom. The zero-order valence-corrected chi connectivity index (χ0v) is 13.9. The Hall–Kier alpha value is -1.25. The molecule has 1 aromatic carbocycles. The summed E-state index contributed by atoms with van der Waals surface area (Å²) in [6, 6.07) is 4.41. The summed E-state index contributed by atoms with van der Waals surface area (Å²) in [5.74, 6) is -0.417. The molecule has 0 fully saturated rings. The number of hydrogen-bond donors (Lipinski definition) is 2. The lowest BCUT2D eigenvalue weighted by Gasteiger charge is -2.12. The number of primary sulfonamides is 1. The zero-order chi connectivity index (χ0) is 16.2. The Bertz CT molecular complexity index is 656. The Kier molecular flexibility index (Phi) is 6.06. The van der Waals surface area contributed by atoms with Crippen LogP contribution in [-0.4, -0.2) is 36.6 Å². The third-order valence-electron chi connectivity index (χ3n) is 3.13. The molecule has 0 saturated carbocycles. The molecule has 0 radical (unpaired) electrons. The number of sulfonamides is 1. The third-order valence-corrected chi connectivity index (χ3v) is 5.43. The van der Waals surface area contributed by atoms with Gasteiger partial charge in [0.15, 0.2) is 0 Å². The minimum atomic E-state index is -3.87. The molecule has 0 aliphatic carbocycles. The SMILES string of the molecule is CCc1ccc(C(=O)NCC(C)S(C)=O)cc1S(N)(=O)=O. The number of hydrogen-bond acceptors (Lipinski definition) is 4. The van der Waals surface area contributed by atoms with Gasteiger partial charge in [0.2, 0.25) is 10.0 Å². The van der Waals surface area contributed by atoms with Crippen LogP contribution in [0.2, 0.25) is 0 Å². The standard InChI is InChI=1S/C13H20N2O4S2/c1-4-10-5-6-11(7-12(10)21(14,18)19)13(16)15-8-9(2)20(3)17/h5-7,9H,4,8H2,1-3H3,(H,15,16)(H2,14,18,19). The highest BCUT2D eigenvalue weighted by molar-refractivity contribution is 7.89. The molecule has 2 atom stereocenters. The molecule has 21 heavy (non-hydrogen) atoms. The first kappa shape index (κ1) is 17.8. The number of carbonyl (C=O) groups is 1. The van der Waals surface area contributed by atoms with E-state index < -0.39 is 26.7 Å². The lowest BCUT2D eigenvalue weighted by molar-refractivity contribution is 0.0954. The summed E-state index contributed by atoms with van der Waals surface area (Å²) in [6.45, 7) is 3.82. The molecule has 1 aromatic rings. The van der Waals surface area contributed by atoms with E-state index in [-0.39, 0.29) is 22.3 Å². The van der Waals surface area contributed by atoms with Crippen LogP contribution in [0.5, 0.6) is 0 Å². The van der Waals surface area contributed by atoms with Gasteiger partial charge in [-0.25, -0.2) is 13.6 Å². The summed E-state index contributed by atoms with van der Waals surface area (Å²) in [6.07, 6.45) is 2.06. The first-order valence-electron chi connectivity index (χ1n) is 6.43. The third kappa shape index (κ3) is 4.90. The first-order chi connectivity index (χ1) is 9.66. The summed E-state index contributed by atoms with van der Waals surface area (Å²) in [5, 5.41) is 7.61. The second-order valence-corrected chi connectivity index (χ2v) is 8.07. The summed E-state index contributed by atoms with van der Waals surface area (Å²) in [7, 11) is -4.91. The van der Waals surface area contributed by atoms with Gasteiger partial charge in [-0.15, -0.1) is 0 Å². The Labute approximate surface area is 127 Å². The Morgan fingerprint density at radius 3 is 2.52 bits per heavy atom. The highest BCUT2D eigenvalue weighted by atomic mass is 32.2. The van der Waals surface area contributed by atoms with Crippen molar-refractivity contribution in [3.05, 3.63) is 29.3 Å². The van der Waals surface area contributed by atoms with Crippen molar-refractivity contribution in [2.45, 2.75) is 30.4 Å². The van der Waals surface area contributed by atoms with Crippen LogP contribution in [0.1, 0.15) is 29.8 Å². The zero-order valence-electron chi connectivity index (χ0n) is 12.3. The van der Waals surface area contributed by atoms with Gasteiger partial charge in [-0.05, 0) is 31.0 Å².